The highest BCUT2D eigenvalue weighted by Crippen LogP contribution is 2.12. The Kier molecular flexibility index (Phi) is 7.17. The molecular formula is C16H23NO. The Bertz CT molecular complexity index is 377. The van der Waals surface area contributed by atoms with E-state index in [0.717, 1.165) is 24.9 Å². The van der Waals surface area contributed by atoms with Gasteiger partial charge in [0, 0.05) is 12.8 Å². The van der Waals surface area contributed by atoms with Crippen molar-refractivity contribution >= 4 is 0 Å². The predicted octanol–water partition coefficient (Wildman–Crippen LogP) is 2.75. The Balaban J connectivity index is 2.40. The fourth-order valence-corrected chi connectivity index (χ4v) is 1.76. The Hall–Kier alpha value is -1.30. The fourth-order valence-electron chi connectivity index (χ4n) is 1.76. The van der Waals surface area contributed by atoms with Crippen molar-refractivity contribution in [2.24, 2.45) is 5.92 Å². The summed E-state index contributed by atoms with van der Waals surface area (Å²) in [4.78, 5) is 0. The molecule has 1 aromatic carbocycles. The number of benzene rings is 1. The summed E-state index contributed by atoms with van der Waals surface area (Å²) in [5, 5.41) is 12.8. The molecule has 0 aliphatic rings. The van der Waals surface area contributed by atoms with Crippen molar-refractivity contribution in [3.63, 3.8) is 0 Å². The van der Waals surface area contributed by atoms with Crippen LogP contribution >= 0.6 is 0 Å². The molecule has 2 atom stereocenters. The van der Waals surface area contributed by atoms with E-state index in [-0.39, 0.29) is 12.6 Å². The van der Waals surface area contributed by atoms with Gasteiger partial charge in [-0.3, -0.25) is 0 Å². The van der Waals surface area contributed by atoms with Gasteiger partial charge >= 0.3 is 0 Å². The molecule has 18 heavy (non-hydrogen) atoms. The number of hydrogen-bond donors (Lipinski definition) is 2. The first-order valence-corrected chi connectivity index (χ1v) is 6.62. The zero-order valence-corrected chi connectivity index (χ0v) is 11.3. The smallest absolute Gasteiger partial charge is 0.0626 e. The molecule has 0 saturated carbocycles. The van der Waals surface area contributed by atoms with E-state index >= 15 is 0 Å². The van der Waals surface area contributed by atoms with Gasteiger partial charge in [0.2, 0.25) is 0 Å². The molecule has 0 aromatic heterocycles. The van der Waals surface area contributed by atoms with Gasteiger partial charge in [0.15, 0.2) is 0 Å². The molecule has 0 spiro atoms. The van der Waals surface area contributed by atoms with E-state index in [0.29, 0.717) is 5.92 Å². The standard InChI is InChI=1S/C16H23NO/c1-3-4-6-9-14(2)12-17-16(13-18)15-10-7-5-8-11-15/h5,7-8,10-11,14,16-18H,3,9,12-13H2,1-2H3. The number of nitrogens with one attached hydrogen (secondary N) is 1. The first kappa shape index (κ1) is 14.8. The predicted molar refractivity (Wildman–Crippen MR) is 76.1 cm³/mol. The lowest BCUT2D eigenvalue weighted by Gasteiger charge is -2.18. The molecule has 1 rings (SSSR count). The van der Waals surface area contributed by atoms with Crippen molar-refractivity contribution in [1.29, 1.82) is 0 Å². The zero-order valence-electron chi connectivity index (χ0n) is 11.3. The van der Waals surface area contributed by atoms with Crippen LogP contribution in [0.4, 0.5) is 0 Å². The third-order valence-electron chi connectivity index (χ3n) is 2.85. The molecule has 98 valence electrons. The van der Waals surface area contributed by atoms with Gasteiger partial charge in [-0.2, -0.15) is 0 Å². The molecular weight excluding hydrogens is 222 g/mol. The summed E-state index contributed by atoms with van der Waals surface area (Å²) in [5.74, 6) is 6.75. The molecule has 0 saturated heterocycles. The second-order valence-electron chi connectivity index (χ2n) is 4.57. The number of aliphatic hydroxyl groups is 1. The second-order valence-corrected chi connectivity index (χ2v) is 4.57. The summed E-state index contributed by atoms with van der Waals surface area (Å²) in [6.45, 7) is 5.24. The Morgan fingerprint density at radius 3 is 2.56 bits per heavy atom. The monoisotopic (exact) mass is 245 g/mol. The maximum atomic E-state index is 9.42. The Labute approximate surface area is 110 Å². The molecule has 0 amide bonds. The lowest BCUT2D eigenvalue weighted by molar-refractivity contribution is 0.240. The van der Waals surface area contributed by atoms with E-state index in [2.05, 4.69) is 31.0 Å². The van der Waals surface area contributed by atoms with Crippen LogP contribution in [0.15, 0.2) is 30.3 Å². The van der Waals surface area contributed by atoms with Crippen molar-refractivity contribution in [2.75, 3.05) is 13.2 Å². The molecule has 0 heterocycles. The molecule has 0 bridgehead atoms. The molecule has 2 unspecified atom stereocenters. The Morgan fingerprint density at radius 2 is 1.94 bits per heavy atom. The fraction of sp³-hybridized carbons (Fsp3) is 0.500. The normalized spacial score (nSPS) is 13.5. The van der Waals surface area contributed by atoms with Crippen molar-refractivity contribution in [3.05, 3.63) is 35.9 Å². The van der Waals surface area contributed by atoms with Crippen LogP contribution in [0, 0.1) is 17.8 Å². The van der Waals surface area contributed by atoms with Gasteiger partial charge in [0.05, 0.1) is 12.6 Å². The van der Waals surface area contributed by atoms with Gasteiger partial charge in [-0.15, -0.1) is 11.8 Å². The maximum Gasteiger partial charge on any atom is 0.0626 e. The van der Waals surface area contributed by atoms with E-state index in [1.165, 1.54) is 0 Å². The van der Waals surface area contributed by atoms with E-state index in [4.69, 9.17) is 0 Å². The van der Waals surface area contributed by atoms with Crippen LogP contribution in [0.1, 0.15) is 38.3 Å². The topological polar surface area (TPSA) is 32.3 Å². The van der Waals surface area contributed by atoms with Crippen molar-refractivity contribution in [2.45, 2.75) is 32.7 Å². The van der Waals surface area contributed by atoms with Gasteiger partial charge in [0.25, 0.3) is 0 Å². The lowest BCUT2D eigenvalue weighted by Crippen LogP contribution is -2.28. The molecule has 2 nitrogen and oxygen atoms in total. The molecule has 0 fully saturated rings. The minimum Gasteiger partial charge on any atom is -0.394 e. The van der Waals surface area contributed by atoms with Crippen LogP contribution in [0.25, 0.3) is 0 Å². The molecule has 0 aliphatic heterocycles. The lowest BCUT2D eigenvalue weighted by atomic mass is 10.0. The zero-order chi connectivity index (χ0) is 13.2. The third kappa shape index (κ3) is 5.35. The summed E-state index contributed by atoms with van der Waals surface area (Å²) in [5.41, 5.74) is 1.13. The van der Waals surface area contributed by atoms with E-state index < -0.39 is 0 Å². The summed E-state index contributed by atoms with van der Waals surface area (Å²) in [6.07, 6.45) is 1.83. The number of hydrogen-bond acceptors (Lipinski definition) is 2. The summed E-state index contributed by atoms with van der Waals surface area (Å²) in [6, 6.07) is 10.1. The Morgan fingerprint density at radius 1 is 1.22 bits per heavy atom. The molecule has 0 aliphatic carbocycles. The van der Waals surface area contributed by atoms with Crippen LogP contribution in [-0.2, 0) is 0 Å². The summed E-state index contributed by atoms with van der Waals surface area (Å²) < 4.78 is 0. The van der Waals surface area contributed by atoms with Gasteiger partial charge in [0.1, 0.15) is 0 Å². The highest BCUT2D eigenvalue weighted by atomic mass is 16.3. The minimum absolute atomic E-state index is 0.0211. The minimum atomic E-state index is 0.0211. The van der Waals surface area contributed by atoms with E-state index in [1.807, 2.05) is 30.3 Å². The molecule has 0 radical (unpaired) electrons. The summed E-state index contributed by atoms with van der Waals surface area (Å²) >= 11 is 0. The molecule has 2 N–H and O–H groups in total. The average Bonchev–Trinajstić information content (AvgIpc) is 2.41. The van der Waals surface area contributed by atoms with Crippen LogP contribution in [-0.4, -0.2) is 18.3 Å². The average molecular weight is 245 g/mol. The largest absolute Gasteiger partial charge is 0.394 e. The first-order valence-electron chi connectivity index (χ1n) is 6.62. The third-order valence-corrected chi connectivity index (χ3v) is 2.85. The van der Waals surface area contributed by atoms with Gasteiger partial charge in [-0.05, 0) is 18.0 Å². The van der Waals surface area contributed by atoms with E-state index in [1.54, 1.807) is 0 Å². The first-order chi connectivity index (χ1) is 8.77. The second kappa shape index (κ2) is 8.74. The summed E-state index contributed by atoms with van der Waals surface area (Å²) in [7, 11) is 0. The quantitative estimate of drug-likeness (QED) is 0.755. The number of aliphatic hydroxyl groups excluding tert-OH is 1. The van der Waals surface area contributed by atoms with Crippen LogP contribution in [0.2, 0.25) is 0 Å². The van der Waals surface area contributed by atoms with Crippen LogP contribution < -0.4 is 5.32 Å². The maximum absolute atomic E-state index is 9.42. The number of rotatable bonds is 6. The van der Waals surface area contributed by atoms with Crippen molar-refractivity contribution in [3.8, 4) is 11.8 Å². The van der Waals surface area contributed by atoms with Gasteiger partial charge in [-0.1, -0.05) is 44.2 Å². The van der Waals surface area contributed by atoms with Gasteiger partial charge in [-0.25, -0.2) is 0 Å². The highest BCUT2D eigenvalue weighted by molar-refractivity contribution is 5.18. The van der Waals surface area contributed by atoms with Crippen LogP contribution in [0.3, 0.4) is 0 Å². The highest BCUT2D eigenvalue weighted by Gasteiger charge is 2.10. The SMILES string of the molecule is CCC#CCC(C)CNC(CO)c1ccccc1. The van der Waals surface area contributed by atoms with Crippen LogP contribution in [0.5, 0.6) is 0 Å². The molecule has 2 heteroatoms. The van der Waals surface area contributed by atoms with Gasteiger partial charge < -0.3 is 10.4 Å². The van der Waals surface area contributed by atoms with Crippen molar-refractivity contribution < 1.29 is 5.11 Å². The van der Waals surface area contributed by atoms with Crippen molar-refractivity contribution in [1.82, 2.24) is 5.32 Å². The van der Waals surface area contributed by atoms with E-state index in [9.17, 15) is 5.11 Å². The molecule has 1 aromatic rings.